The number of benzene rings is 3. The van der Waals surface area contributed by atoms with Gasteiger partial charge in [0.05, 0.1) is 43.9 Å². The van der Waals surface area contributed by atoms with Crippen LogP contribution in [0.4, 0.5) is 9.59 Å². The highest BCUT2D eigenvalue weighted by atomic mass is 16.5. The first-order valence-electron chi connectivity index (χ1n) is 21.0. The maximum absolute atomic E-state index is 14.1. The summed E-state index contributed by atoms with van der Waals surface area (Å²) in [5.74, 6) is 1.79. The summed E-state index contributed by atoms with van der Waals surface area (Å²) in [6.07, 6.45) is 5.31. The largest absolute Gasteiger partial charge is 0.488 e. The van der Waals surface area contributed by atoms with E-state index in [0.717, 1.165) is 95.0 Å². The average molecular weight is 827 g/mol. The van der Waals surface area contributed by atoms with E-state index in [4.69, 9.17) is 24.2 Å². The molecule has 2 fully saturated rings. The monoisotopic (exact) mass is 826 g/mol. The summed E-state index contributed by atoms with van der Waals surface area (Å²) in [6.45, 7) is 5.34. The predicted octanol–water partition coefficient (Wildman–Crippen LogP) is 6.93. The maximum Gasteiger partial charge on any atom is 0.407 e. The van der Waals surface area contributed by atoms with E-state index in [-0.39, 0.29) is 29.8 Å². The Kier molecular flexibility index (Phi) is 10.7. The fourth-order valence-electron chi connectivity index (χ4n) is 9.37. The van der Waals surface area contributed by atoms with E-state index in [1.165, 1.54) is 19.8 Å². The van der Waals surface area contributed by atoms with E-state index in [9.17, 15) is 19.2 Å². The number of imidazole rings is 2. The molecule has 5 aromatic rings. The van der Waals surface area contributed by atoms with E-state index in [1.807, 2.05) is 60.2 Å². The summed E-state index contributed by atoms with van der Waals surface area (Å²) in [6, 6.07) is 17.8. The Morgan fingerprint density at radius 1 is 0.787 bits per heavy atom. The quantitative estimate of drug-likeness (QED) is 0.122. The van der Waals surface area contributed by atoms with E-state index in [0.29, 0.717) is 31.1 Å². The number of carbonyl (C=O) groups excluding carboxylic acids is 4. The lowest BCUT2D eigenvalue weighted by molar-refractivity contribution is -0.135. The highest BCUT2D eigenvalue weighted by Gasteiger charge is 2.39. The van der Waals surface area contributed by atoms with Crippen molar-refractivity contribution in [1.29, 1.82) is 0 Å². The Balaban J connectivity index is 0.937. The second kappa shape index (κ2) is 16.4. The van der Waals surface area contributed by atoms with Gasteiger partial charge in [0.1, 0.15) is 36.1 Å². The first-order chi connectivity index (χ1) is 29.6. The molecule has 316 valence electrons. The minimum Gasteiger partial charge on any atom is -0.488 e. The first kappa shape index (κ1) is 39.8. The molecule has 1 unspecified atom stereocenters. The third kappa shape index (κ3) is 7.46. The summed E-state index contributed by atoms with van der Waals surface area (Å²) in [5.41, 5.74) is 9.84. The number of methoxy groups -OCH3 is 2. The Morgan fingerprint density at radius 3 is 2.25 bits per heavy atom. The fourth-order valence-corrected chi connectivity index (χ4v) is 9.37. The second-order valence-electron chi connectivity index (χ2n) is 16.5. The van der Waals surface area contributed by atoms with Gasteiger partial charge in [0, 0.05) is 29.9 Å². The third-order valence-electron chi connectivity index (χ3n) is 12.5. The van der Waals surface area contributed by atoms with Crippen molar-refractivity contribution in [3.05, 3.63) is 101 Å². The third-order valence-corrected chi connectivity index (χ3v) is 12.5. The molecule has 61 heavy (non-hydrogen) atoms. The maximum atomic E-state index is 14.1. The lowest BCUT2D eigenvalue weighted by Gasteiger charge is -2.30. The van der Waals surface area contributed by atoms with Crippen molar-refractivity contribution >= 4 is 24.0 Å². The average Bonchev–Trinajstić information content (AvgIpc) is 4.13. The van der Waals surface area contributed by atoms with Crippen molar-refractivity contribution in [2.75, 3.05) is 27.3 Å². The fraction of sp³-hybridized carbons (Fsp3) is 0.391. The standard InChI is InChI=1S/C46H50N8O7/c1-25(2)38(51-45(57)59-3)43(55)53-18-8-12-35(53)41-47-23-34(49-41)28-14-16-30-29(20-28)24-61-37-22-31-27(21-32(30)37)15-17-33-40(31)50-42(48-33)36-13-9-19-54(36)44(56)39(52-46(58)60-4)26-10-6-5-7-11-26/h5-7,10-11,14,16,20-23,25,35-36,38-39H,8-9,12-13,15,17-19,24H2,1-4H3,(H,47,49)(H,48,50)(H,51,57)(H,52,58)/t35-,36-,38?,39+/m0/s1. The molecule has 0 bridgehead atoms. The number of H-pyrrole nitrogens is 2. The molecular weight excluding hydrogens is 777 g/mol. The zero-order valence-corrected chi connectivity index (χ0v) is 34.7. The lowest BCUT2D eigenvalue weighted by Crippen LogP contribution is -2.51. The van der Waals surface area contributed by atoms with Gasteiger partial charge >= 0.3 is 12.2 Å². The number of nitrogens with zero attached hydrogens (tertiary/aromatic N) is 4. The molecule has 4 aliphatic rings. The van der Waals surface area contributed by atoms with Crippen LogP contribution in [0.15, 0.2) is 66.9 Å². The molecule has 5 heterocycles. The van der Waals surface area contributed by atoms with Crippen LogP contribution in [0.25, 0.3) is 33.6 Å². The summed E-state index contributed by atoms with van der Waals surface area (Å²) >= 11 is 0. The van der Waals surface area contributed by atoms with Gasteiger partial charge in [-0.2, -0.15) is 0 Å². The van der Waals surface area contributed by atoms with Crippen LogP contribution >= 0.6 is 0 Å². The molecule has 0 saturated carbocycles. The number of hydrogen-bond donors (Lipinski definition) is 4. The Morgan fingerprint density at radius 2 is 1.51 bits per heavy atom. The number of aromatic amines is 2. The van der Waals surface area contributed by atoms with Gasteiger partial charge in [0.2, 0.25) is 5.91 Å². The summed E-state index contributed by atoms with van der Waals surface area (Å²) in [7, 11) is 2.58. The van der Waals surface area contributed by atoms with Crippen molar-refractivity contribution in [2.24, 2.45) is 5.92 Å². The van der Waals surface area contributed by atoms with Crippen LogP contribution < -0.4 is 15.4 Å². The topological polar surface area (TPSA) is 184 Å². The van der Waals surface area contributed by atoms with Crippen molar-refractivity contribution in [3.8, 4) is 39.4 Å². The van der Waals surface area contributed by atoms with Crippen LogP contribution in [-0.2, 0) is 38.5 Å². The molecule has 3 aliphatic heterocycles. The number of aromatic nitrogens is 4. The number of rotatable bonds is 9. The number of carbonyl (C=O) groups is 4. The van der Waals surface area contributed by atoms with Gasteiger partial charge in [-0.15, -0.1) is 0 Å². The summed E-state index contributed by atoms with van der Waals surface area (Å²) < 4.78 is 16.1. The van der Waals surface area contributed by atoms with Crippen LogP contribution in [0.5, 0.6) is 5.75 Å². The van der Waals surface area contributed by atoms with Crippen LogP contribution in [0.3, 0.4) is 0 Å². The molecule has 2 aromatic heterocycles. The van der Waals surface area contributed by atoms with Gasteiger partial charge < -0.3 is 44.6 Å². The van der Waals surface area contributed by atoms with Crippen molar-refractivity contribution in [3.63, 3.8) is 0 Å². The van der Waals surface area contributed by atoms with Crippen LogP contribution in [0.2, 0.25) is 0 Å². The SMILES string of the molecule is COC(=O)NC(C(=O)N1CCC[C@H]1c1ncc(-c2ccc3c(c2)COc2cc4c(cc2-3)CCc2[nH]c([C@@H]3CCCN3C(=O)[C@H](NC(=O)OC)c3ccccc3)nc2-4)[nH]1)C(C)C. The first-order valence-corrected chi connectivity index (χ1v) is 21.0. The lowest BCUT2D eigenvalue weighted by atomic mass is 9.86. The normalized spacial score (nSPS) is 18.6. The number of hydrogen-bond acceptors (Lipinski definition) is 9. The van der Waals surface area contributed by atoms with Crippen molar-refractivity contribution < 1.29 is 33.4 Å². The summed E-state index contributed by atoms with van der Waals surface area (Å²) in [5, 5.41) is 5.45. The Hall–Kier alpha value is -6.64. The van der Waals surface area contributed by atoms with E-state index >= 15 is 0 Å². The molecule has 4 N–H and O–H groups in total. The minimum atomic E-state index is -0.888. The highest BCUT2D eigenvalue weighted by Crippen LogP contribution is 2.46. The van der Waals surface area contributed by atoms with E-state index in [2.05, 4.69) is 50.9 Å². The number of amides is 4. The molecule has 4 atom stereocenters. The number of alkyl carbamates (subject to hydrolysis) is 2. The Labute approximate surface area is 353 Å². The molecule has 15 nitrogen and oxygen atoms in total. The van der Waals surface area contributed by atoms with Crippen LogP contribution in [0.1, 0.15) is 91.7 Å². The van der Waals surface area contributed by atoms with Gasteiger partial charge in [0.15, 0.2) is 0 Å². The van der Waals surface area contributed by atoms with Crippen molar-refractivity contribution in [2.45, 2.75) is 83.1 Å². The van der Waals surface area contributed by atoms with Crippen molar-refractivity contribution in [1.82, 2.24) is 40.4 Å². The van der Waals surface area contributed by atoms with Crippen LogP contribution in [0, 0.1) is 5.92 Å². The van der Waals surface area contributed by atoms with Gasteiger partial charge in [-0.25, -0.2) is 19.6 Å². The second-order valence-corrected chi connectivity index (χ2v) is 16.5. The molecule has 3 aromatic carbocycles. The molecular formula is C46H50N8O7. The van der Waals surface area contributed by atoms with Gasteiger partial charge in [0.25, 0.3) is 5.91 Å². The van der Waals surface area contributed by atoms with Crippen LogP contribution in [-0.4, -0.2) is 87.1 Å². The molecule has 0 radical (unpaired) electrons. The number of nitrogens with one attached hydrogen (secondary N) is 4. The molecule has 0 spiro atoms. The predicted molar refractivity (Wildman–Crippen MR) is 225 cm³/mol. The van der Waals surface area contributed by atoms with E-state index in [1.54, 1.807) is 0 Å². The number of likely N-dealkylation sites (tertiary alicyclic amines) is 2. The van der Waals surface area contributed by atoms with E-state index < -0.39 is 24.3 Å². The molecule has 2 saturated heterocycles. The summed E-state index contributed by atoms with van der Waals surface area (Å²) in [4.78, 5) is 72.8. The number of fused-ring (bicyclic) bond motifs is 6. The van der Waals surface area contributed by atoms with Gasteiger partial charge in [-0.05, 0) is 90.5 Å². The minimum absolute atomic E-state index is 0.116. The smallest absolute Gasteiger partial charge is 0.407 e. The zero-order chi connectivity index (χ0) is 42.4. The number of ether oxygens (including phenoxy) is 3. The molecule has 15 heteroatoms. The van der Waals surface area contributed by atoms with Gasteiger partial charge in [-0.1, -0.05) is 56.3 Å². The highest BCUT2D eigenvalue weighted by molar-refractivity contribution is 5.88. The number of aryl methyl sites for hydroxylation is 2. The molecule has 1 aliphatic carbocycles. The Bertz CT molecular complexity index is 2500. The molecule has 4 amide bonds. The van der Waals surface area contributed by atoms with Gasteiger partial charge in [-0.3, -0.25) is 9.59 Å². The zero-order valence-electron chi connectivity index (χ0n) is 34.7. The molecule has 9 rings (SSSR count).